The Kier molecular flexibility index (Phi) is 8.64. The zero-order chi connectivity index (χ0) is 30.3. The number of amides is 1. The number of nitriles is 1. The number of ether oxygens (including phenoxy) is 1. The Morgan fingerprint density at radius 2 is 1.93 bits per heavy atom. The molecule has 12 heteroatoms. The van der Waals surface area contributed by atoms with Gasteiger partial charge >= 0.3 is 12.1 Å². The van der Waals surface area contributed by atoms with Crippen molar-refractivity contribution in [2.45, 2.75) is 77.1 Å². The first-order valence-electron chi connectivity index (χ1n) is 14.0. The molecule has 0 aromatic carbocycles. The number of rotatable bonds is 5. The zero-order valence-electron chi connectivity index (χ0n) is 25.2. The van der Waals surface area contributed by atoms with Crippen molar-refractivity contribution < 1.29 is 19.2 Å². The van der Waals surface area contributed by atoms with Crippen LogP contribution in [0.5, 0.6) is 0 Å². The number of hydrogen-bond donors (Lipinski definition) is 2. The van der Waals surface area contributed by atoms with Crippen LogP contribution in [0.2, 0.25) is 0 Å². The number of anilines is 1. The molecule has 1 fully saturated rings. The summed E-state index contributed by atoms with van der Waals surface area (Å²) in [6.07, 6.45) is 5.39. The van der Waals surface area contributed by atoms with E-state index in [0.717, 1.165) is 29.1 Å². The molecule has 1 amide bonds. The quantitative estimate of drug-likeness (QED) is 0.391. The molecule has 0 saturated carbocycles. The number of nitrogens with two attached hydrogens (primary N) is 2. The third-order valence-electron chi connectivity index (χ3n) is 8.20. The highest BCUT2D eigenvalue weighted by Gasteiger charge is 2.45. The summed E-state index contributed by atoms with van der Waals surface area (Å²) in [6, 6.07) is 1.91. The van der Waals surface area contributed by atoms with Crippen LogP contribution in [0.1, 0.15) is 63.5 Å². The van der Waals surface area contributed by atoms with Gasteiger partial charge in [0, 0.05) is 62.1 Å². The molecule has 3 aliphatic rings. The smallest absolute Gasteiger partial charge is 0.410 e. The van der Waals surface area contributed by atoms with Crippen LogP contribution >= 0.6 is 11.3 Å². The van der Waals surface area contributed by atoms with Crippen molar-refractivity contribution in [3.8, 4) is 6.07 Å². The van der Waals surface area contributed by atoms with Crippen molar-refractivity contribution in [3.05, 3.63) is 39.6 Å². The van der Waals surface area contributed by atoms with Crippen LogP contribution in [-0.4, -0.2) is 89.9 Å². The number of likely N-dealkylation sites (N-methyl/N-ethyl adjacent to an activating group) is 2. The number of thiophene rings is 1. The molecule has 3 atom stereocenters. The Labute approximate surface area is 246 Å². The van der Waals surface area contributed by atoms with Crippen molar-refractivity contribution in [2.24, 2.45) is 5.73 Å². The van der Waals surface area contributed by atoms with Crippen molar-refractivity contribution in [2.75, 3.05) is 46.0 Å². The maximum absolute atomic E-state index is 13.6. The lowest BCUT2D eigenvalue weighted by Gasteiger charge is -2.43. The SMILES string of the molecule is CC1=CC(N2CCN(C(=O)OC(C)(C)C)CC2)=CC(C(N)N(C)OC(=O)[C@@]2(C)CCCc3sc(N)c(C#N)c32)N1C. The Morgan fingerprint density at radius 1 is 1.27 bits per heavy atom. The first-order chi connectivity index (χ1) is 19.2. The molecule has 2 unspecified atom stereocenters. The average molecular weight is 586 g/mol. The van der Waals surface area contributed by atoms with E-state index in [4.69, 9.17) is 21.0 Å². The number of piperazine rings is 1. The second kappa shape index (κ2) is 11.5. The van der Waals surface area contributed by atoms with Crippen molar-refractivity contribution in [1.29, 1.82) is 5.26 Å². The maximum atomic E-state index is 13.6. The number of carbonyl (C=O) groups excluding carboxylic acids is 2. The van der Waals surface area contributed by atoms with E-state index in [0.29, 0.717) is 48.7 Å². The third kappa shape index (κ3) is 6.17. The van der Waals surface area contributed by atoms with E-state index in [9.17, 15) is 14.9 Å². The van der Waals surface area contributed by atoms with Gasteiger partial charge in [-0.15, -0.1) is 16.4 Å². The lowest BCUT2D eigenvalue weighted by Crippen LogP contribution is -2.56. The van der Waals surface area contributed by atoms with E-state index >= 15 is 0 Å². The Bertz CT molecular complexity index is 1290. The number of allylic oxidation sites excluding steroid dienone is 2. The molecular formula is C29H43N7O4S. The lowest BCUT2D eigenvalue weighted by molar-refractivity contribution is -0.204. The summed E-state index contributed by atoms with van der Waals surface area (Å²) < 4.78 is 5.53. The van der Waals surface area contributed by atoms with Gasteiger partial charge in [0.05, 0.1) is 17.0 Å². The van der Waals surface area contributed by atoms with Gasteiger partial charge in [-0.1, -0.05) is 0 Å². The molecule has 4 N–H and O–H groups in total. The van der Waals surface area contributed by atoms with Gasteiger partial charge in [-0.2, -0.15) is 5.26 Å². The van der Waals surface area contributed by atoms with Gasteiger partial charge in [0.1, 0.15) is 22.8 Å². The topological polar surface area (TPSA) is 141 Å². The number of nitrogen functional groups attached to an aromatic ring is 1. The predicted octanol–water partition coefficient (Wildman–Crippen LogP) is 3.13. The summed E-state index contributed by atoms with van der Waals surface area (Å²) in [6.45, 7) is 11.9. The molecule has 0 radical (unpaired) electrons. The average Bonchev–Trinajstić information content (AvgIpc) is 3.25. The van der Waals surface area contributed by atoms with E-state index in [1.165, 1.54) is 16.4 Å². The van der Waals surface area contributed by atoms with E-state index in [2.05, 4.69) is 28.0 Å². The van der Waals surface area contributed by atoms with Crippen molar-refractivity contribution in [1.82, 2.24) is 19.8 Å². The standard InChI is InChI=1S/C29H43N7O4S/c1-18-15-19(35-11-13-36(14-12-35)27(38)39-28(2,3)4)16-21(33(18)6)24(31)34(7)40-26(37)29(5)10-8-9-22-23(29)20(17-30)25(32)41-22/h15-16,21,24H,8-14,31-32H2,1-7H3/t21?,24?,29-/m0/s1. The first-order valence-corrected chi connectivity index (χ1v) is 14.9. The number of nitrogens with zero attached hydrogens (tertiary/aromatic N) is 5. The summed E-state index contributed by atoms with van der Waals surface area (Å²) >= 11 is 1.38. The van der Waals surface area contributed by atoms with Crippen LogP contribution < -0.4 is 11.5 Å². The van der Waals surface area contributed by atoms with Gasteiger partial charge < -0.3 is 35.7 Å². The summed E-state index contributed by atoms with van der Waals surface area (Å²) in [5.74, 6) is -0.445. The molecule has 1 aliphatic carbocycles. The number of carbonyl (C=O) groups is 2. The van der Waals surface area contributed by atoms with Gasteiger partial charge in [0.25, 0.3) is 0 Å². The van der Waals surface area contributed by atoms with Crippen LogP contribution in [-0.2, 0) is 26.2 Å². The monoisotopic (exact) mass is 585 g/mol. The third-order valence-corrected chi connectivity index (χ3v) is 9.28. The molecule has 0 bridgehead atoms. The highest BCUT2D eigenvalue weighted by molar-refractivity contribution is 7.16. The molecule has 2 aliphatic heterocycles. The summed E-state index contributed by atoms with van der Waals surface area (Å²) in [5, 5.41) is 11.6. The fourth-order valence-electron chi connectivity index (χ4n) is 5.69. The molecule has 41 heavy (non-hydrogen) atoms. The Balaban J connectivity index is 1.46. The van der Waals surface area contributed by atoms with Crippen LogP contribution in [0.25, 0.3) is 0 Å². The second-order valence-electron chi connectivity index (χ2n) is 12.3. The number of hydroxylamine groups is 2. The highest BCUT2D eigenvalue weighted by atomic mass is 32.1. The highest BCUT2D eigenvalue weighted by Crippen LogP contribution is 2.46. The van der Waals surface area contributed by atoms with Gasteiger partial charge in [0.15, 0.2) is 0 Å². The summed E-state index contributed by atoms with van der Waals surface area (Å²) in [5.41, 5.74) is 14.4. The molecule has 1 aromatic rings. The minimum atomic E-state index is -0.982. The molecule has 11 nitrogen and oxygen atoms in total. The summed E-state index contributed by atoms with van der Waals surface area (Å²) in [4.78, 5) is 39.0. The molecule has 1 aromatic heterocycles. The van der Waals surface area contributed by atoms with Crippen LogP contribution in [0.4, 0.5) is 9.80 Å². The minimum absolute atomic E-state index is 0.280. The number of fused-ring (bicyclic) bond motifs is 1. The Morgan fingerprint density at radius 3 is 2.54 bits per heavy atom. The van der Waals surface area contributed by atoms with E-state index < -0.39 is 23.2 Å². The van der Waals surface area contributed by atoms with Crippen molar-refractivity contribution in [3.63, 3.8) is 0 Å². The molecule has 3 heterocycles. The minimum Gasteiger partial charge on any atom is -0.444 e. The van der Waals surface area contributed by atoms with Gasteiger partial charge in [-0.05, 0) is 66.0 Å². The molecule has 0 spiro atoms. The van der Waals surface area contributed by atoms with E-state index in [1.807, 2.05) is 41.7 Å². The predicted molar refractivity (Wildman–Crippen MR) is 158 cm³/mol. The molecule has 224 valence electrons. The van der Waals surface area contributed by atoms with Crippen LogP contribution in [0.3, 0.4) is 0 Å². The van der Waals surface area contributed by atoms with E-state index in [1.54, 1.807) is 11.9 Å². The number of hydrogen-bond acceptors (Lipinski definition) is 11. The van der Waals surface area contributed by atoms with E-state index in [-0.39, 0.29) is 12.1 Å². The van der Waals surface area contributed by atoms with Gasteiger partial charge in [-0.3, -0.25) is 0 Å². The molecule has 1 saturated heterocycles. The normalized spacial score (nSPS) is 23.8. The summed E-state index contributed by atoms with van der Waals surface area (Å²) in [7, 11) is 3.62. The largest absolute Gasteiger partial charge is 0.444 e. The fourth-order valence-corrected chi connectivity index (χ4v) is 6.88. The molecular weight excluding hydrogens is 542 g/mol. The second-order valence-corrected chi connectivity index (χ2v) is 13.4. The van der Waals surface area contributed by atoms with Crippen LogP contribution in [0.15, 0.2) is 23.5 Å². The number of aryl methyl sites for hydroxylation is 1. The first kappa shape index (κ1) is 30.7. The fraction of sp³-hybridized carbons (Fsp3) is 0.621. The maximum Gasteiger partial charge on any atom is 0.410 e. The van der Waals surface area contributed by atoms with Gasteiger partial charge in [0.2, 0.25) is 0 Å². The Hall–Kier alpha value is -3.27. The van der Waals surface area contributed by atoms with Crippen molar-refractivity contribution >= 4 is 28.4 Å². The van der Waals surface area contributed by atoms with Crippen LogP contribution in [0, 0.1) is 11.3 Å². The van der Waals surface area contributed by atoms with Gasteiger partial charge in [-0.25, -0.2) is 9.59 Å². The lowest BCUT2D eigenvalue weighted by atomic mass is 9.72. The zero-order valence-corrected chi connectivity index (χ0v) is 26.0. The molecule has 4 rings (SSSR count).